The highest BCUT2D eigenvalue weighted by molar-refractivity contribution is 7.92. The summed E-state index contributed by atoms with van der Waals surface area (Å²) in [4.78, 5) is 12.3. The lowest BCUT2D eigenvalue weighted by Gasteiger charge is -2.22. The molecule has 166 valence electrons. The van der Waals surface area contributed by atoms with E-state index in [1.165, 1.54) is 4.31 Å². The van der Waals surface area contributed by atoms with Crippen molar-refractivity contribution in [3.05, 3.63) is 71.6 Å². The maximum absolute atomic E-state index is 13.1. The molecule has 0 bridgehead atoms. The molecule has 1 saturated carbocycles. The van der Waals surface area contributed by atoms with Crippen LogP contribution in [-0.4, -0.2) is 26.0 Å². The molecule has 1 aliphatic carbocycles. The quantitative estimate of drug-likeness (QED) is 0.535. The first-order valence-electron chi connectivity index (χ1n) is 10.5. The van der Waals surface area contributed by atoms with Crippen LogP contribution in [0.4, 0.5) is 11.4 Å². The molecule has 1 fully saturated rings. The number of carbonyl (C=O) groups excluding carboxylic acids is 1. The van der Waals surface area contributed by atoms with Gasteiger partial charge >= 0.3 is 0 Å². The van der Waals surface area contributed by atoms with Crippen LogP contribution in [0.5, 0.6) is 0 Å². The van der Waals surface area contributed by atoms with E-state index in [4.69, 9.17) is 4.52 Å². The van der Waals surface area contributed by atoms with Crippen molar-refractivity contribution in [2.45, 2.75) is 31.6 Å². The highest BCUT2D eigenvalue weighted by atomic mass is 32.2. The number of para-hydroxylation sites is 1. The first-order chi connectivity index (χ1) is 15.4. The molecular formula is C24H25N3O4S. The number of anilines is 2. The van der Waals surface area contributed by atoms with Gasteiger partial charge in [0.2, 0.25) is 5.91 Å². The molecule has 0 saturated heterocycles. The van der Waals surface area contributed by atoms with E-state index in [-0.39, 0.29) is 16.7 Å². The zero-order valence-corrected chi connectivity index (χ0v) is 18.8. The minimum Gasteiger partial charge on any atom is -0.354 e. The predicted molar refractivity (Wildman–Crippen MR) is 125 cm³/mol. The fourth-order valence-corrected chi connectivity index (χ4v) is 4.83. The van der Waals surface area contributed by atoms with Crippen molar-refractivity contribution in [2.24, 2.45) is 5.92 Å². The van der Waals surface area contributed by atoms with Crippen molar-refractivity contribution >= 4 is 39.5 Å². The summed E-state index contributed by atoms with van der Waals surface area (Å²) in [5.41, 5.74) is 2.60. The van der Waals surface area contributed by atoms with Crippen molar-refractivity contribution in [1.82, 2.24) is 5.16 Å². The van der Waals surface area contributed by atoms with E-state index < -0.39 is 10.0 Å². The maximum Gasteiger partial charge on any atom is 0.264 e. The third-order valence-electron chi connectivity index (χ3n) is 5.31. The molecule has 1 heterocycles. The summed E-state index contributed by atoms with van der Waals surface area (Å²) in [5.74, 6) is 0.517. The van der Waals surface area contributed by atoms with Gasteiger partial charge in [-0.05, 0) is 62.6 Å². The first-order valence-corrected chi connectivity index (χ1v) is 12.0. The van der Waals surface area contributed by atoms with Crippen molar-refractivity contribution in [3.63, 3.8) is 0 Å². The van der Waals surface area contributed by atoms with E-state index in [1.807, 2.05) is 18.2 Å². The number of rotatable bonds is 8. The fraction of sp³-hybridized carbons (Fsp3) is 0.250. The maximum atomic E-state index is 13.1. The van der Waals surface area contributed by atoms with Crippen LogP contribution in [0.3, 0.4) is 0 Å². The van der Waals surface area contributed by atoms with Crippen LogP contribution >= 0.6 is 0 Å². The Kier molecular flexibility index (Phi) is 6.14. The molecule has 0 radical (unpaired) electrons. The number of sulfonamides is 1. The minimum absolute atomic E-state index is 0.0144. The van der Waals surface area contributed by atoms with Crippen molar-refractivity contribution < 1.29 is 17.7 Å². The monoisotopic (exact) mass is 451 g/mol. The molecule has 2 aromatic carbocycles. The second kappa shape index (κ2) is 9.00. The van der Waals surface area contributed by atoms with Gasteiger partial charge in [-0.3, -0.25) is 9.10 Å². The van der Waals surface area contributed by atoms with Crippen LogP contribution < -0.4 is 9.62 Å². The van der Waals surface area contributed by atoms with Crippen LogP contribution in [0, 0.1) is 12.8 Å². The van der Waals surface area contributed by atoms with Gasteiger partial charge in [-0.1, -0.05) is 41.6 Å². The Balaban J connectivity index is 1.52. The standard InChI is InChI=1S/C24H25N3O4S/c1-3-27(20-7-5-4-6-8-20)32(29,30)21-14-9-18(10-15-21)11-16-22-23(17(2)26-31-22)25-24(28)19-12-13-19/h4-11,14-16,19H,3,12-13H2,1-2H3,(H,25,28)/b16-11-. The van der Waals surface area contributed by atoms with Crippen LogP contribution in [0.15, 0.2) is 64.0 Å². The molecular weight excluding hydrogens is 426 g/mol. The summed E-state index contributed by atoms with van der Waals surface area (Å²) in [6.45, 7) is 3.91. The highest BCUT2D eigenvalue weighted by Crippen LogP contribution is 2.32. The molecule has 8 heteroatoms. The number of hydrogen-bond donors (Lipinski definition) is 1. The van der Waals surface area contributed by atoms with Gasteiger partial charge < -0.3 is 9.84 Å². The Morgan fingerprint density at radius 2 is 1.81 bits per heavy atom. The lowest BCUT2D eigenvalue weighted by atomic mass is 10.2. The molecule has 0 aliphatic heterocycles. The number of carbonyl (C=O) groups is 1. The van der Waals surface area contributed by atoms with Gasteiger partial charge in [0.25, 0.3) is 10.0 Å². The van der Waals surface area contributed by atoms with Crippen LogP contribution in [0.2, 0.25) is 0 Å². The zero-order valence-electron chi connectivity index (χ0n) is 18.0. The SMILES string of the molecule is CCN(c1ccccc1)S(=O)(=O)c1ccc(/C=C\c2onc(C)c2NC(=O)C2CC2)cc1. The predicted octanol–water partition coefficient (Wildman–Crippen LogP) is 4.72. The smallest absolute Gasteiger partial charge is 0.264 e. The van der Waals surface area contributed by atoms with Crippen LogP contribution in [-0.2, 0) is 14.8 Å². The number of nitrogens with zero attached hydrogens (tertiary/aromatic N) is 2. The molecule has 32 heavy (non-hydrogen) atoms. The molecule has 0 spiro atoms. The molecule has 1 amide bonds. The van der Waals surface area contributed by atoms with Gasteiger partial charge in [-0.2, -0.15) is 0 Å². The fourth-order valence-electron chi connectivity index (χ4n) is 3.36. The summed E-state index contributed by atoms with van der Waals surface area (Å²) in [5, 5.41) is 6.83. The third kappa shape index (κ3) is 4.60. The molecule has 1 aromatic heterocycles. The van der Waals surface area contributed by atoms with Gasteiger partial charge in [-0.25, -0.2) is 8.42 Å². The number of benzene rings is 2. The number of hydrogen-bond acceptors (Lipinski definition) is 5. The van der Waals surface area contributed by atoms with E-state index in [2.05, 4.69) is 10.5 Å². The minimum atomic E-state index is -3.67. The molecule has 1 N–H and O–H groups in total. The molecule has 4 rings (SSSR count). The summed E-state index contributed by atoms with van der Waals surface area (Å²) in [6.07, 6.45) is 5.33. The van der Waals surface area contributed by atoms with Crippen LogP contribution in [0.25, 0.3) is 12.2 Å². The van der Waals surface area contributed by atoms with E-state index in [9.17, 15) is 13.2 Å². The van der Waals surface area contributed by atoms with Crippen molar-refractivity contribution in [3.8, 4) is 0 Å². The molecule has 0 atom stereocenters. The normalized spacial score (nSPS) is 13.9. The molecule has 7 nitrogen and oxygen atoms in total. The molecule has 1 aliphatic rings. The Hall–Kier alpha value is -3.39. The Morgan fingerprint density at radius 1 is 1.12 bits per heavy atom. The van der Waals surface area contributed by atoms with Crippen LogP contribution in [0.1, 0.15) is 36.8 Å². The number of amides is 1. The van der Waals surface area contributed by atoms with Gasteiger partial charge in [-0.15, -0.1) is 0 Å². The summed E-state index contributed by atoms with van der Waals surface area (Å²) in [6, 6.07) is 15.7. The second-order valence-electron chi connectivity index (χ2n) is 7.68. The van der Waals surface area contributed by atoms with E-state index in [0.29, 0.717) is 29.4 Å². The van der Waals surface area contributed by atoms with E-state index in [0.717, 1.165) is 18.4 Å². The molecule has 3 aromatic rings. The summed E-state index contributed by atoms with van der Waals surface area (Å²) in [7, 11) is -3.67. The van der Waals surface area contributed by atoms with Gasteiger partial charge in [0, 0.05) is 12.5 Å². The number of nitrogens with one attached hydrogen (secondary N) is 1. The van der Waals surface area contributed by atoms with Crippen molar-refractivity contribution in [2.75, 3.05) is 16.2 Å². The average Bonchev–Trinajstić information content (AvgIpc) is 3.59. The van der Waals surface area contributed by atoms with Gasteiger partial charge in [0.05, 0.1) is 10.6 Å². The van der Waals surface area contributed by atoms with E-state index >= 15 is 0 Å². The Morgan fingerprint density at radius 3 is 2.44 bits per heavy atom. The number of aromatic nitrogens is 1. The zero-order chi connectivity index (χ0) is 22.7. The topological polar surface area (TPSA) is 92.5 Å². The van der Waals surface area contributed by atoms with Gasteiger partial charge in [0.1, 0.15) is 11.4 Å². The van der Waals surface area contributed by atoms with Gasteiger partial charge in [0.15, 0.2) is 5.76 Å². The Bertz CT molecular complexity index is 1230. The lowest BCUT2D eigenvalue weighted by Crippen LogP contribution is -2.30. The molecule has 0 unspecified atom stereocenters. The summed E-state index contributed by atoms with van der Waals surface area (Å²) < 4.78 is 32.9. The second-order valence-corrected chi connectivity index (χ2v) is 9.54. The number of aryl methyl sites for hydroxylation is 1. The largest absolute Gasteiger partial charge is 0.354 e. The Labute approximate surface area is 187 Å². The average molecular weight is 452 g/mol. The third-order valence-corrected chi connectivity index (χ3v) is 7.23. The van der Waals surface area contributed by atoms with E-state index in [1.54, 1.807) is 62.4 Å². The summed E-state index contributed by atoms with van der Waals surface area (Å²) >= 11 is 0. The highest BCUT2D eigenvalue weighted by Gasteiger charge is 2.31. The lowest BCUT2D eigenvalue weighted by molar-refractivity contribution is -0.117. The van der Waals surface area contributed by atoms with Crippen molar-refractivity contribution in [1.29, 1.82) is 0 Å². The first kappa shape index (κ1) is 21.8.